The minimum absolute atomic E-state index is 0.0635. The third-order valence-electron chi connectivity index (χ3n) is 4.91. The van der Waals surface area contributed by atoms with E-state index in [2.05, 4.69) is 0 Å². The molecule has 0 spiro atoms. The fourth-order valence-corrected chi connectivity index (χ4v) is 3.14. The van der Waals surface area contributed by atoms with E-state index in [1.54, 1.807) is 7.11 Å². The zero-order chi connectivity index (χ0) is 15.7. The first kappa shape index (κ1) is 15.3. The molecule has 2 fully saturated rings. The van der Waals surface area contributed by atoms with Crippen LogP contribution in [-0.4, -0.2) is 24.6 Å². The van der Waals surface area contributed by atoms with Crippen molar-refractivity contribution in [3.8, 4) is 5.75 Å². The van der Waals surface area contributed by atoms with E-state index < -0.39 is 5.60 Å². The van der Waals surface area contributed by atoms with Gasteiger partial charge in [-0.3, -0.25) is 4.79 Å². The summed E-state index contributed by atoms with van der Waals surface area (Å²) in [7, 11) is 1.65. The summed E-state index contributed by atoms with van der Waals surface area (Å²) in [5, 5.41) is 0. The largest absolute Gasteiger partial charge is 0.497 e. The van der Waals surface area contributed by atoms with Crippen molar-refractivity contribution in [2.45, 2.75) is 38.4 Å². The van der Waals surface area contributed by atoms with Crippen LogP contribution in [0.1, 0.15) is 32.3 Å². The molecule has 4 atom stereocenters. The third-order valence-corrected chi connectivity index (χ3v) is 4.91. The van der Waals surface area contributed by atoms with Crippen molar-refractivity contribution >= 4 is 11.9 Å². The van der Waals surface area contributed by atoms with Gasteiger partial charge in [0.15, 0.2) is 0 Å². The van der Waals surface area contributed by atoms with Gasteiger partial charge in [-0.15, -0.1) is 0 Å². The minimum atomic E-state index is -0.563. The number of benzene rings is 1. The number of ether oxygens (including phenoxy) is 1. The molecule has 4 nitrogen and oxygen atoms in total. The number of hydrogen-bond donors (Lipinski definition) is 0. The van der Waals surface area contributed by atoms with Gasteiger partial charge in [-0.2, -0.15) is 0 Å². The fraction of sp³-hybridized carbons (Fsp3) is 0.500. The highest BCUT2D eigenvalue weighted by Crippen LogP contribution is 2.43. The van der Waals surface area contributed by atoms with Gasteiger partial charge in [0.2, 0.25) is 0 Å². The Morgan fingerprint density at radius 1 is 1.32 bits per heavy atom. The quantitative estimate of drug-likeness (QED) is 0.803. The Balaban J connectivity index is 1.75. The Kier molecular flexibility index (Phi) is 4.06. The number of fused-ring (bicyclic) bond motifs is 2. The average Bonchev–Trinajstić information content (AvgIpc) is 2.54. The first-order valence-corrected chi connectivity index (χ1v) is 7.72. The summed E-state index contributed by atoms with van der Waals surface area (Å²) >= 11 is 0. The lowest BCUT2D eigenvalue weighted by Crippen LogP contribution is -2.51. The maximum Gasteiger partial charge on any atom is 0.138 e. The lowest BCUT2D eigenvalue weighted by atomic mass is 9.71. The molecule has 4 heteroatoms. The number of Topliss-reactive ketones (excluding diaryl/α,β-unsaturated/α-hetero) is 1. The molecule has 1 aromatic carbocycles. The maximum absolute atomic E-state index is 12.1. The van der Waals surface area contributed by atoms with Crippen LogP contribution in [0.3, 0.4) is 0 Å². The molecule has 1 aliphatic carbocycles. The summed E-state index contributed by atoms with van der Waals surface area (Å²) in [5.41, 5.74) is 0.495. The van der Waals surface area contributed by atoms with Crippen LogP contribution in [0, 0.1) is 11.8 Å². The molecule has 1 heterocycles. The van der Waals surface area contributed by atoms with Crippen molar-refractivity contribution in [3.63, 3.8) is 0 Å². The van der Waals surface area contributed by atoms with Gasteiger partial charge in [-0.05, 0) is 37.1 Å². The number of rotatable bonds is 3. The van der Waals surface area contributed by atoms with Crippen molar-refractivity contribution in [1.82, 2.24) is 0 Å². The number of carbonyl (C=O) groups excluding carboxylic acids is 1. The molecule has 2 aliphatic rings. The number of ketones is 1. The summed E-state index contributed by atoms with van der Waals surface area (Å²) in [6, 6.07) is 7.81. The number of carbonyl (C=O) groups is 1. The fourth-order valence-electron chi connectivity index (χ4n) is 3.14. The van der Waals surface area contributed by atoms with Crippen molar-refractivity contribution in [2.24, 2.45) is 11.8 Å². The van der Waals surface area contributed by atoms with Crippen LogP contribution in [0.5, 0.6) is 5.75 Å². The van der Waals surface area contributed by atoms with Gasteiger partial charge in [-0.1, -0.05) is 25.1 Å². The van der Waals surface area contributed by atoms with Crippen LogP contribution in [0.15, 0.2) is 30.3 Å². The lowest BCUT2D eigenvalue weighted by molar-refractivity contribution is -0.415. The summed E-state index contributed by atoms with van der Waals surface area (Å²) in [6.45, 7) is 3.90. The van der Waals surface area contributed by atoms with Crippen LogP contribution in [-0.2, 0) is 14.6 Å². The van der Waals surface area contributed by atoms with Crippen LogP contribution < -0.4 is 4.74 Å². The zero-order valence-corrected chi connectivity index (χ0v) is 13.2. The minimum Gasteiger partial charge on any atom is -0.497 e. The molecule has 2 bridgehead atoms. The van der Waals surface area contributed by atoms with E-state index in [1.807, 2.05) is 50.3 Å². The standard InChI is InChI=1S/C18H22O4/c1-12-16(19)10-14-11-17(12)21-22-18(14,2)9-8-13-4-6-15(20-3)7-5-13/h4-9,12,14,17H,10-11H2,1-3H3/t12-,14+,17+,18+/m1/s1. The second-order valence-corrected chi connectivity index (χ2v) is 6.40. The highest BCUT2D eigenvalue weighted by atomic mass is 17.2. The average molecular weight is 302 g/mol. The Labute approximate surface area is 131 Å². The number of hydrogen-bond acceptors (Lipinski definition) is 4. The molecular formula is C18H22O4. The van der Waals surface area contributed by atoms with Crippen molar-refractivity contribution < 1.29 is 19.3 Å². The lowest BCUT2D eigenvalue weighted by Gasteiger charge is -2.45. The highest BCUT2D eigenvalue weighted by molar-refractivity contribution is 5.82. The van der Waals surface area contributed by atoms with Gasteiger partial charge in [0.1, 0.15) is 23.2 Å². The third kappa shape index (κ3) is 2.81. The first-order chi connectivity index (χ1) is 10.5. The molecule has 0 radical (unpaired) electrons. The molecule has 0 N–H and O–H groups in total. The second kappa shape index (κ2) is 5.86. The Bertz CT molecular complexity index is 577. The van der Waals surface area contributed by atoms with E-state index in [4.69, 9.17) is 14.5 Å². The first-order valence-electron chi connectivity index (χ1n) is 7.72. The smallest absolute Gasteiger partial charge is 0.138 e. The Morgan fingerprint density at radius 2 is 2.05 bits per heavy atom. The summed E-state index contributed by atoms with van der Waals surface area (Å²) < 4.78 is 5.15. The maximum atomic E-state index is 12.1. The van der Waals surface area contributed by atoms with Crippen molar-refractivity contribution in [3.05, 3.63) is 35.9 Å². The van der Waals surface area contributed by atoms with Gasteiger partial charge in [0, 0.05) is 18.3 Å². The molecular weight excluding hydrogens is 280 g/mol. The summed E-state index contributed by atoms with van der Waals surface area (Å²) in [6.07, 6.45) is 5.33. The molecule has 118 valence electrons. The van der Waals surface area contributed by atoms with E-state index in [0.29, 0.717) is 6.42 Å². The topological polar surface area (TPSA) is 44.8 Å². The van der Waals surface area contributed by atoms with Crippen molar-refractivity contribution in [1.29, 1.82) is 0 Å². The Hall–Kier alpha value is -1.65. The van der Waals surface area contributed by atoms with E-state index in [-0.39, 0.29) is 23.7 Å². The van der Waals surface area contributed by atoms with E-state index in [0.717, 1.165) is 17.7 Å². The molecule has 1 aliphatic heterocycles. The van der Waals surface area contributed by atoms with Crippen LogP contribution in [0.25, 0.3) is 6.08 Å². The van der Waals surface area contributed by atoms with Crippen LogP contribution >= 0.6 is 0 Å². The van der Waals surface area contributed by atoms with Crippen molar-refractivity contribution in [2.75, 3.05) is 7.11 Å². The second-order valence-electron chi connectivity index (χ2n) is 6.40. The van der Waals surface area contributed by atoms with Gasteiger partial charge in [0.05, 0.1) is 7.11 Å². The predicted octanol–water partition coefficient (Wildman–Crippen LogP) is 3.41. The normalized spacial score (nSPS) is 34.9. The zero-order valence-electron chi connectivity index (χ0n) is 13.2. The summed E-state index contributed by atoms with van der Waals surface area (Å²) in [5.74, 6) is 1.21. The SMILES string of the molecule is COc1ccc(C=C[C@]2(C)OO[C@H]3C[C@@H]2CC(=O)[C@H]3C)cc1. The molecule has 1 saturated heterocycles. The van der Waals surface area contributed by atoms with Crippen LogP contribution in [0.4, 0.5) is 0 Å². The van der Waals surface area contributed by atoms with Gasteiger partial charge in [-0.25, -0.2) is 9.78 Å². The van der Waals surface area contributed by atoms with E-state index in [9.17, 15) is 4.79 Å². The molecule has 3 rings (SSSR count). The van der Waals surface area contributed by atoms with E-state index >= 15 is 0 Å². The predicted molar refractivity (Wildman–Crippen MR) is 83.3 cm³/mol. The molecule has 1 aromatic rings. The molecule has 22 heavy (non-hydrogen) atoms. The Morgan fingerprint density at radius 3 is 2.73 bits per heavy atom. The van der Waals surface area contributed by atoms with Gasteiger partial charge >= 0.3 is 0 Å². The van der Waals surface area contributed by atoms with Crippen LogP contribution in [0.2, 0.25) is 0 Å². The highest BCUT2D eigenvalue weighted by Gasteiger charge is 2.48. The van der Waals surface area contributed by atoms with Gasteiger partial charge < -0.3 is 4.74 Å². The van der Waals surface area contributed by atoms with E-state index in [1.165, 1.54) is 0 Å². The summed E-state index contributed by atoms with van der Waals surface area (Å²) in [4.78, 5) is 23.2. The molecule has 1 saturated carbocycles. The molecule has 0 amide bonds. The monoisotopic (exact) mass is 302 g/mol. The number of methoxy groups -OCH3 is 1. The molecule has 0 aromatic heterocycles. The molecule has 0 unspecified atom stereocenters. The van der Waals surface area contributed by atoms with Gasteiger partial charge in [0.25, 0.3) is 0 Å².